The summed E-state index contributed by atoms with van der Waals surface area (Å²) in [4.78, 5) is 4.56. The fraction of sp³-hybridized carbons (Fsp3) is 0.292. The molecule has 4 rings (SSSR count). The first kappa shape index (κ1) is 22.7. The number of hydrogen-bond donors (Lipinski definition) is 1. The Morgan fingerprint density at radius 2 is 2.15 bits per heavy atom. The molecule has 3 aromatic rings. The molecule has 1 atom stereocenters. The molecule has 1 aliphatic rings. The average Bonchev–Trinajstić information content (AvgIpc) is 3.29. The van der Waals surface area contributed by atoms with E-state index in [0.717, 1.165) is 34.9 Å². The number of nitriles is 1. The minimum absolute atomic E-state index is 0.0537. The fourth-order valence-electron chi connectivity index (χ4n) is 3.98. The summed E-state index contributed by atoms with van der Waals surface area (Å²) in [6.45, 7) is 7.16. The van der Waals surface area contributed by atoms with Gasteiger partial charge < -0.3 is 9.26 Å². The van der Waals surface area contributed by atoms with Gasteiger partial charge in [-0.1, -0.05) is 29.9 Å². The van der Waals surface area contributed by atoms with Crippen molar-refractivity contribution in [2.75, 3.05) is 0 Å². The number of nitrogens with one attached hydrogen (secondary N) is 1. The number of aromatic nitrogens is 2. The van der Waals surface area contributed by atoms with Crippen molar-refractivity contribution >= 4 is 10.0 Å². The maximum Gasteiger partial charge on any atom is 0.258 e. The summed E-state index contributed by atoms with van der Waals surface area (Å²) in [6.07, 6.45) is 2.24. The number of hydrogen-bond acceptors (Lipinski definition) is 7. The first-order valence-corrected chi connectivity index (χ1v) is 12.2. The first-order chi connectivity index (χ1) is 15.8. The number of rotatable bonds is 7. The largest absolute Gasteiger partial charge is 0.490 e. The molecule has 0 aliphatic heterocycles. The van der Waals surface area contributed by atoms with Gasteiger partial charge in [-0.15, -0.1) is 0 Å². The number of sulfonamides is 1. The van der Waals surface area contributed by atoms with E-state index in [2.05, 4.69) is 27.5 Å². The van der Waals surface area contributed by atoms with E-state index >= 15 is 0 Å². The van der Waals surface area contributed by atoms with Crippen LogP contribution in [0.15, 0.2) is 52.9 Å². The topological polar surface area (TPSA) is 118 Å². The second kappa shape index (κ2) is 9.17. The molecular formula is C24H24N4O4S. The van der Waals surface area contributed by atoms with Gasteiger partial charge in [0.15, 0.2) is 0 Å². The lowest BCUT2D eigenvalue weighted by atomic mass is 9.85. The molecule has 1 aliphatic carbocycles. The Balaban J connectivity index is 1.68. The SMILES string of the molecule is C=CS(=O)(=O)NC1CCCc2c(-c3noc(-c4ccc(OC(C)C)c(C#N)c4)n3)cccc21. The van der Waals surface area contributed by atoms with Crippen LogP contribution in [0.1, 0.15) is 49.4 Å². The third-order valence-corrected chi connectivity index (χ3v) is 6.46. The molecule has 0 bridgehead atoms. The molecule has 0 spiro atoms. The van der Waals surface area contributed by atoms with Gasteiger partial charge >= 0.3 is 0 Å². The molecular weight excluding hydrogens is 440 g/mol. The number of nitrogens with zero attached hydrogens (tertiary/aromatic N) is 3. The first-order valence-electron chi connectivity index (χ1n) is 10.6. The van der Waals surface area contributed by atoms with Crippen LogP contribution in [0.25, 0.3) is 22.8 Å². The van der Waals surface area contributed by atoms with E-state index in [1.54, 1.807) is 18.2 Å². The molecule has 1 N–H and O–H groups in total. The van der Waals surface area contributed by atoms with E-state index < -0.39 is 10.0 Å². The van der Waals surface area contributed by atoms with Crippen LogP contribution in [0.3, 0.4) is 0 Å². The smallest absolute Gasteiger partial charge is 0.258 e. The van der Waals surface area contributed by atoms with Gasteiger partial charge in [0.1, 0.15) is 11.8 Å². The summed E-state index contributed by atoms with van der Waals surface area (Å²) < 4.78 is 37.9. The van der Waals surface area contributed by atoms with Crippen LogP contribution in [0.2, 0.25) is 0 Å². The predicted octanol–water partition coefficient (Wildman–Crippen LogP) is 4.50. The van der Waals surface area contributed by atoms with Gasteiger partial charge in [-0.2, -0.15) is 10.2 Å². The standard InChI is InChI=1S/C24H24N4O4S/c1-4-33(29,30)28-21-10-6-7-18-19(21)8-5-9-20(18)23-26-24(32-27-23)16-11-12-22(31-15(2)3)17(13-16)14-25/h4-5,8-9,11-13,15,21,28H,1,6-7,10H2,2-3H3. The molecule has 0 fully saturated rings. The molecule has 8 nitrogen and oxygen atoms in total. The van der Waals surface area contributed by atoms with Crippen LogP contribution in [0, 0.1) is 11.3 Å². The second-order valence-corrected chi connectivity index (χ2v) is 9.72. The van der Waals surface area contributed by atoms with E-state index in [-0.39, 0.29) is 18.0 Å². The lowest BCUT2D eigenvalue weighted by Gasteiger charge is -2.27. The minimum atomic E-state index is -3.56. The number of ether oxygens (including phenoxy) is 1. The highest BCUT2D eigenvalue weighted by molar-refractivity contribution is 7.92. The predicted molar refractivity (Wildman–Crippen MR) is 124 cm³/mol. The van der Waals surface area contributed by atoms with Crippen LogP contribution in [0.4, 0.5) is 0 Å². The third-order valence-electron chi connectivity index (χ3n) is 5.41. The Morgan fingerprint density at radius 1 is 1.33 bits per heavy atom. The zero-order chi connectivity index (χ0) is 23.6. The maximum absolute atomic E-state index is 12.0. The highest BCUT2D eigenvalue weighted by Gasteiger charge is 2.26. The fourth-order valence-corrected chi connectivity index (χ4v) is 4.72. The third kappa shape index (κ3) is 4.82. The Hall–Kier alpha value is -3.48. The lowest BCUT2D eigenvalue weighted by Crippen LogP contribution is -2.29. The normalized spacial score (nSPS) is 15.6. The van der Waals surface area contributed by atoms with Gasteiger partial charge in [0, 0.05) is 22.6 Å². The van der Waals surface area contributed by atoms with Crippen LogP contribution < -0.4 is 9.46 Å². The van der Waals surface area contributed by atoms with Crippen LogP contribution in [0.5, 0.6) is 5.75 Å². The number of fused-ring (bicyclic) bond motifs is 1. The Morgan fingerprint density at radius 3 is 2.88 bits per heavy atom. The maximum atomic E-state index is 12.0. The summed E-state index contributed by atoms with van der Waals surface area (Å²) in [5.41, 5.74) is 3.69. The van der Waals surface area contributed by atoms with Gasteiger partial charge in [0.2, 0.25) is 15.8 Å². The summed E-state index contributed by atoms with van der Waals surface area (Å²) in [5.74, 6) is 1.20. The monoisotopic (exact) mass is 464 g/mol. The van der Waals surface area contributed by atoms with E-state index in [9.17, 15) is 13.7 Å². The van der Waals surface area contributed by atoms with Crippen molar-refractivity contribution in [1.29, 1.82) is 5.26 Å². The molecule has 9 heteroatoms. The van der Waals surface area contributed by atoms with Crippen molar-refractivity contribution in [2.24, 2.45) is 0 Å². The average molecular weight is 465 g/mol. The molecule has 1 aromatic heterocycles. The molecule has 0 radical (unpaired) electrons. The summed E-state index contributed by atoms with van der Waals surface area (Å²) in [6, 6.07) is 12.6. The van der Waals surface area contributed by atoms with Crippen molar-refractivity contribution in [3.63, 3.8) is 0 Å². The van der Waals surface area contributed by atoms with Gasteiger partial charge in [0.05, 0.1) is 11.7 Å². The van der Waals surface area contributed by atoms with E-state index in [1.165, 1.54) is 0 Å². The van der Waals surface area contributed by atoms with Crippen LogP contribution in [-0.2, 0) is 16.4 Å². The molecule has 0 amide bonds. The Kier molecular flexibility index (Phi) is 6.31. The van der Waals surface area contributed by atoms with Crippen molar-refractivity contribution in [3.8, 4) is 34.7 Å². The summed E-state index contributed by atoms with van der Waals surface area (Å²) >= 11 is 0. The van der Waals surface area contributed by atoms with Crippen LogP contribution in [-0.4, -0.2) is 24.7 Å². The molecule has 1 heterocycles. The minimum Gasteiger partial charge on any atom is -0.490 e. The highest BCUT2D eigenvalue weighted by atomic mass is 32.2. The van der Waals surface area contributed by atoms with E-state index in [4.69, 9.17) is 9.26 Å². The number of benzene rings is 2. The van der Waals surface area contributed by atoms with Gasteiger partial charge in [0.25, 0.3) is 5.89 Å². The van der Waals surface area contributed by atoms with Crippen molar-refractivity contribution in [1.82, 2.24) is 14.9 Å². The van der Waals surface area contributed by atoms with Crippen molar-refractivity contribution < 1.29 is 17.7 Å². The summed E-state index contributed by atoms with van der Waals surface area (Å²) in [7, 11) is -3.56. The molecule has 0 saturated heterocycles. The van der Waals surface area contributed by atoms with E-state index in [0.29, 0.717) is 29.1 Å². The molecule has 33 heavy (non-hydrogen) atoms. The lowest BCUT2D eigenvalue weighted by molar-refractivity contribution is 0.241. The zero-order valence-electron chi connectivity index (χ0n) is 18.4. The van der Waals surface area contributed by atoms with Gasteiger partial charge in [-0.3, -0.25) is 0 Å². The quantitative estimate of drug-likeness (QED) is 0.547. The molecule has 170 valence electrons. The van der Waals surface area contributed by atoms with Gasteiger partial charge in [-0.05, 0) is 62.4 Å². The van der Waals surface area contributed by atoms with Crippen molar-refractivity contribution in [3.05, 3.63) is 65.1 Å². The molecule has 2 aromatic carbocycles. The molecule has 0 saturated carbocycles. The van der Waals surface area contributed by atoms with Gasteiger partial charge in [-0.25, -0.2) is 13.1 Å². The van der Waals surface area contributed by atoms with Crippen molar-refractivity contribution in [2.45, 2.75) is 45.3 Å². The second-order valence-electron chi connectivity index (χ2n) is 8.06. The molecule has 1 unspecified atom stereocenters. The zero-order valence-corrected chi connectivity index (χ0v) is 19.2. The Labute approximate surface area is 193 Å². The van der Waals surface area contributed by atoms with E-state index in [1.807, 2.05) is 32.0 Å². The highest BCUT2D eigenvalue weighted by Crippen LogP contribution is 2.36. The summed E-state index contributed by atoms with van der Waals surface area (Å²) in [5, 5.41) is 14.6. The van der Waals surface area contributed by atoms with Crippen LogP contribution >= 0.6 is 0 Å². The Bertz CT molecular complexity index is 1340.